The number of anilines is 4. The normalized spacial score (nSPS) is 17.2. The minimum atomic E-state index is 0.0313. The molecule has 4 aliphatic heterocycles. The summed E-state index contributed by atoms with van der Waals surface area (Å²) in [4.78, 5) is 8.21. The van der Waals surface area contributed by atoms with Gasteiger partial charge in [0.15, 0.2) is 11.5 Å². The van der Waals surface area contributed by atoms with E-state index in [-0.39, 0.29) is 5.70 Å². The van der Waals surface area contributed by atoms with E-state index in [0.717, 1.165) is 65.6 Å². The largest absolute Gasteiger partial charge is 0.457 e. The average molecular weight is 625 g/mol. The van der Waals surface area contributed by atoms with Crippen molar-refractivity contribution in [2.24, 2.45) is 0 Å². The molecule has 48 heavy (non-hydrogen) atoms. The maximum atomic E-state index is 9.65. The number of allylic oxidation sites excluding steroid dienone is 6. The van der Waals surface area contributed by atoms with E-state index in [0.29, 0.717) is 17.1 Å². The summed E-state index contributed by atoms with van der Waals surface area (Å²) >= 11 is 0. The lowest BCUT2D eigenvalue weighted by atomic mass is 9.90. The second kappa shape index (κ2) is 12.5. The molecule has 4 heterocycles. The predicted octanol–water partition coefficient (Wildman–Crippen LogP) is 10.2. The first kappa shape index (κ1) is 29.2. The molecule has 4 aliphatic rings. The Hall–Kier alpha value is -6.24. The van der Waals surface area contributed by atoms with Crippen LogP contribution >= 0.6 is 0 Å². The quantitative estimate of drug-likeness (QED) is 0.144. The van der Waals surface area contributed by atoms with Crippen LogP contribution < -0.4 is 14.5 Å². The highest BCUT2D eigenvalue weighted by atomic mass is 16.5. The Morgan fingerprint density at radius 1 is 0.729 bits per heavy atom. The topological polar surface area (TPSA) is 53.1 Å². The number of rotatable bonds is 5. The molecule has 0 aliphatic carbocycles. The van der Waals surface area contributed by atoms with Crippen molar-refractivity contribution in [3.8, 4) is 17.6 Å². The molecule has 8 rings (SSSR count). The van der Waals surface area contributed by atoms with E-state index >= 15 is 0 Å². The van der Waals surface area contributed by atoms with Gasteiger partial charge in [0, 0.05) is 24.5 Å². The van der Waals surface area contributed by atoms with Crippen LogP contribution in [0.1, 0.15) is 35.1 Å². The van der Waals surface area contributed by atoms with Gasteiger partial charge < -0.3 is 19.3 Å². The fourth-order valence-electron chi connectivity index (χ4n) is 7.00. The predicted molar refractivity (Wildman–Crippen MR) is 191 cm³/mol. The average Bonchev–Trinajstić information content (AvgIpc) is 3.13. The number of nitrogens with zero attached hydrogens (tertiary/aromatic N) is 4. The van der Waals surface area contributed by atoms with Crippen molar-refractivity contribution in [1.29, 1.82) is 5.26 Å². The van der Waals surface area contributed by atoms with Gasteiger partial charge in [-0.05, 0) is 126 Å². The third-order valence-corrected chi connectivity index (χ3v) is 9.14. The van der Waals surface area contributed by atoms with Crippen molar-refractivity contribution >= 4 is 34.9 Å². The first-order chi connectivity index (χ1) is 23.7. The van der Waals surface area contributed by atoms with Gasteiger partial charge >= 0.3 is 0 Å². The van der Waals surface area contributed by atoms with Crippen molar-refractivity contribution < 1.29 is 9.47 Å². The summed E-state index contributed by atoms with van der Waals surface area (Å²) in [5.74, 6) is 2.76. The van der Waals surface area contributed by atoms with Gasteiger partial charge in [0.25, 0.3) is 5.70 Å². The van der Waals surface area contributed by atoms with Crippen LogP contribution in [0.4, 0.5) is 22.7 Å². The number of hydrogen-bond acceptors (Lipinski definition) is 5. The Bertz CT molecular complexity index is 2080. The zero-order chi connectivity index (χ0) is 32.5. The molecule has 0 saturated heterocycles. The molecule has 0 atom stereocenters. The number of para-hydroxylation sites is 4. The molecule has 4 aromatic rings. The lowest BCUT2D eigenvalue weighted by molar-refractivity contribution is 0.332. The van der Waals surface area contributed by atoms with Crippen LogP contribution in [-0.2, 0) is 17.6 Å². The van der Waals surface area contributed by atoms with E-state index in [1.54, 1.807) is 12.2 Å². The molecule has 0 saturated carbocycles. The molecular weight excluding hydrogens is 592 g/mol. The van der Waals surface area contributed by atoms with Crippen molar-refractivity contribution in [1.82, 2.24) is 0 Å². The molecule has 6 nitrogen and oxygen atoms in total. The number of aryl methyl sites for hydroxylation is 2. The summed E-state index contributed by atoms with van der Waals surface area (Å²) in [5.41, 5.74) is 9.97. The van der Waals surface area contributed by atoms with E-state index in [2.05, 4.69) is 69.3 Å². The van der Waals surface area contributed by atoms with Crippen LogP contribution in [0.5, 0.6) is 11.5 Å². The van der Waals surface area contributed by atoms with Gasteiger partial charge in [0.05, 0.1) is 24.0 Å². The van der Waals surface area contributed by atoms with Gasteiger partial charge in [0.2, 0.25) is 0 Å². The molecule has 0 unspecified atom stereocenters. The lowest BCUT2D eigenvalue weighted by Gasteiger charge is -2.37. The molecule has 232 valence electrons. The summed E-state index contributed by atoms with van der Waals surface area (Å²) in [6.07, 6.45) is 16.0. The first-order valence-electron chi connectivity index (χ1n) is 16.3. The summed E-state index contributed by atoms with van der Waals surface area (Å²) in [6.45, 7) is 9.84. The minimum absolute atomic E-state index is 0.0313. The van der Waals surface area contributed by atoms with Gasteiger partial charge in [-0.2, -0.15) is 0 Å². The Morgan fingerprint density at radius 3 is 1.90 bits per heavy atom. The number of nitriles is 1. The summed E-state index contributed by atoms with van der Waals surface area (Å²) in [6, 6.07) is 31.0. The summed E-state index contributed by atoms with van der Waals surface area (Å²) in [7, 11) is 0. The Morgan fingerprint density at radius 2 is 1.31 bits per heavy atom. The Labute approximate surface area is 280 Å². The van der Waals surface area contributed by atoms with Crippen LogP contribution in [0, 0.1) is 17.9 Å². The molecule has 0 N–H and O–H groups in total. The van der Waals surface area contributed by atoms with E-state index in [1.807, 2.05) is 60.7 Å². The van der Waals surface area contributed by atoms with Crippen LogP contribution in [0.2, 0.25) is 0 Å². The Balaban J connectivity index is 1.05. The van der Waals surface area contributed by atoms with E-state index in [1.165, 1.54) is 29.7 Å². The fraction of sp³-hybridized carbons (Fsp3) is 0.143. The minimum Gasteiger partial charge on any atom is -0.457 e. The maximum Gasteiger partial charge on any atom is 0.269 e. The molecular formula is C42H32N4O2. The van der Waals surface area contributed by atoms with Gasteiger partial charge in [-0.1, -0.05) is 48.6 Å². The van der Waals surface area contributed by atoms with Crippen molar-refractivity contribution in [2.45, 2.75) is 25.7 Å². The van der Waals surface area contributed by atoms with Crippen molar-refractivity contribution in [2.75, 3.05) is 22.9 Å². The molecule has 6 heteroatoms. The van der Waals surface area contributed by atoms with Crippen LogP contribution in [0.25, 0.3) is 17.0 Å². The zero-order valence-corrected chi connectivity index (χ0v) is 26.4. The third-order valence-electron chi connectivity index (χ3n) is 9.14. The van der Waals surface area contributed by atoms with Crippen LogP contribution in [0.15, 0.2) is 132 Å². The standard InChI is InChI=1S/C42H32N4O2/c1-44-37(28-43)33-26-35(47-36(27-33)21-17-30-24-31-8-6-22-45-23-7-9-32(25-30)42(31)45)20-16-29-14-18-34(19-15-29)46-38-10-2-4-12-40(38)48-41-13-5-3-11-39(41)46/h2-5,10-21,24-27H,6-9,22-23H2/b20-16+,21-17+,37-33-. The first-order valence-corrected chi connectivity index (χ1v) is 16.3. The van der Waals surface area contributed by atoms with Gasteiger partial charge in [-0.25, -0.2) is 10.1 Å². The molecule has 0 aromatic heterocycles. The van der Waals surface area contributed by atoms with Gasteiger partial charge in [-0.3, -0.25) is 0 Å². The highest BCUT2D eigenvalue weighted by Crippen LogP contribution is 2.50. The highest BCUT2D eigenvalue weighted by molar-refractivity contribution is 5.86. The Kier molecular flexibility index (Phi) is 7.61. The van der Waals surface area contributed by atoms with Crippen molar-refractivity contribution in [3.63, 3.8) is 0 Å². The van der Waals surface area contributed by atoms with Crippen molar-refractivity contribution in [3.05, 3.63) is 166 Å². The third kappa shape index (κ3) is 5.55. The number of benzene rings is 4. The molecule has 0 bridgehead atoms. The molecule has 0 fully saturated rings. The number of hydrogen-bond donors (Lipinski definition) is 0. The van der Waals surface area contributed by atoms with E-state index in [9.17, 15) is 5.26 Å². The summed E-state index contributed by atoms with van der Waals surface area (Å²) < 4.78 is 12.4. The van der Waals surface area contributed by atoms with Crippen LogP contribution in [0.3, 0.4) is 0 Å². The fourth-order valence-corrected chi connectivity index (χ4v) is 7.00. The van der Waals surface area contributed by atoms with E-state index < -0.39 is 0 Å². The monoisotopic (exact) mass is 624 g/mol. The van der Waals surface area contributed by atoms with Crippen LogP contribution in [-0.4, -0.2) is 13.1 Å². The molecule has 0 amide bonds. The number of ether oxygens (including phenoxy) is 2. The van der Waals surface area contributed by atoms with Gasteiger partial charge in [0.1, 0.15) is 11.5 Å². The van der Waals surface area contributed by atoms with E-state index in [4.69, 9.17) is 16.0 Å². The molecule has 4 aromatic carbocycles. The molecule has 0 radical (unpaired) electrons. The second-order valence-corrected chi connectivity index (χ2v) is 12.2. The zero-order valence-electron chi connectivity index (χ0n) is 26.4. The lowest BCUT2D eigenvalue weighted by Crippen LogP contribution is -2.34. The smallest absolute Gasteiger partial charge is 0.269 e. The summed E-state index contributed by atoms with van der Waals surface area (Å²) in [5, 5.41) is 9.65. The highest BCUT2D eigenvalue weighted by Gasteiger charge is 2.26. The second-order valence-electron chi connectivity index (χ2n) is 12.2. The molecule has 0 spiro atoms. The SMILES string of the molecule is [C-]#[N+]/C(C#N)=C1C=C(/C=C/c2ccc(N3c4ccccc4Oc4ccccc43)cc2)OC(/C=C/c2cc3c4c(c2)CCCN4CCC3)=C/1. The number of fused-ring (bicyclic) bond motifs is 2. The van der Waals surface area contributed by atoms with Gasteiger partial charge in [-0.15, -0.1) is 0 Å². The maximum absolute atomic E-state index is 9.65.